The average molecular weight is 234 g/mol. The van der Waals surface area contributed by atoms with E-state index in [-0.39, 0.29) is 0 Å². The first-order valence-electron chi connectivity index (χ1n) is 6.59. The Kier molecular flexibility index (Phi) is 4.74. The lowest BCUT2D eigenvalue weighted by Crippen LogP contribution is -2.18. The van der Waals surface area contributed by atoms with Crippen molar-refractivity contribution < 1.29 is 0 Å². The number of nitrogens with zero attached hydrogens (tertiary/aromatic N) is 2. The number of anilines is 1. The van der Waals surface area contributed by atoms with Gasteiger partial charge in [-0.2, -0.15) is 0 Å². The second-order valence-electron chi connectivity index (χ2n) is 4.77. The third-order valence-corrected chi connectivity index (χ3v) is 3.34. The summed E-state index contributed by atoms with van der Waals surface area (Å²) in [4.78, 5) is 8.67. The summed E-state index contributed by atoms with van der Waals surface area (Å²) in [5.74, 6) is 2.63. The van der Waals surface area contributed by atoms with Crippen LogP contribution in [0.5, 0.6) is 0 Å². The first-order chi connectivity index (χ1) is 8.38. The Morgan fingerprint density at radius 3 is 2.88 bits per heavy atom. The summed E-state index contributed by atoms with van der Waals surface area (Å²) in [6, 6.07) is 1.95. The van der Waals surface area contributed by atoms with Crippen LogP contribution in [0.4, 0.5) is 5.82 Å². The highest BCUT2D eigenvalue weighted by Crippen LogP contribution is 2.23. The van der Waals surface area contributed by atoms with E-state index in [1.807, 2.05) is 19.3 Å². The van der Waals surface area contributed by atoms with Crippen molar-refractivity contribution in [3.8, 4) is 0 Å². The number of aromatic nitrogens is 2. The first-order valence-corrected chi connectivity index (χ1v) is 6.59. The summed E-state index contributed by atoms with van der Waals surface area (Å²) < 4.78 is 0. The van der Waals surface area contributed by atoms with Crippen molar-refractivity contribution in [2.75, 3.05) is 18.9 Å². The molecule has 1 heterocycles. The second-order valence-corrected chi connectivity index (χ2v) is 4.77. The van der Waals surface area contributed by atoms with E-state index < -0.39 is 0 Å². The van der Waals surface area contributed by atoms with E-state index in [0.717, 1.165) is 30.6 Å². The molecule has 1 aliphatic rings. The monoisotopic (exact) mass is 234 g/mol. The van der Waals surface area contributed by atoms with Crippen LogP contribution in [0.15, 0.2) is 12.3 Å². The molecule has 1 aromatic rings. The Labute approximate surface area is 103 Å². The van der Waals surface area contributed by atoms with Crippen LogP contribution < -0.4 is 10.6 Å². The molecular formula is C13H22N4. The fourth-order valence-electron chi connectivity index (χ4n) is 2.38. The quantitative estimate of drug-likeness (QED) is 0.820. The van der Waals surface area contributed by atoms with Crippen LogP contribution in [0.25, 0.3) is 0 Å². The minimum Gasteiger partial charge on any atom is -0.370 e. The fourth-order valence-corrected chi connectivity index (χ4v) is 2.38. The smallest absolute Gasteiger partial charge is 0.144 e. The average Bonchev–Trinajstić information content (AvgIpc) is 2.39. The molecule has 2 rings (SSSR count). The Morgan fingerprint density at radius 2 is 2.12 bits per heavy atom. The largest absolute Gasteiger partial charge is 0.370 e. The number of rotatable bonds is 5. The van der Waals surface area contributed by atoms with E-state index >= 15 is 0 Å². The van der Waals surface area contributed by atoms with E-state index in [0.29, 0.717) is 0 Å². The van der Waals surface area contributed by atoms with E-state index in [2.05, 4.69) is 20.6 Å². The highest BCUT2D eigenvalue weighted by atomic mass is 15.0. The van der Waals surface area contributed by atoms with Crippen molar-refractivity contribution in [1.29, 1.82) is 0 Å². The molecule has 0 amide bonds. The SMILES string of the molecule is CNCc1nccc(NCC2CCCCC2)n1. The molecule has 0 aliphatic heterocycles. The second kappa shape index (κ2) is 6.55. The molecule has 94 valence electrons. The van der Waals surface area contributed by atoms with Crippen LogP contribution in [-0.2, 0) is 6.54 Å². The predicted octanol–water partition coefficient (Wildman–Crippen LogP) is 2.19. The van der Waals surface area contributed by atoms with Gasteiger partial charge in [-0.05, 0) is 31.9 Å². The van der Waals surface area contributed by atoms with Gasteiger partial charge in [0.25, 0.3) is 0 Å². The van der Waals surface area contributed by atoms with Gasteiger partial charge in [-0.3, -0.25) is 0 Å². The molecule has 1 saturated carbocycles. The van der Waals surface area contributed by atoms with Gasteiger partial charge in [-0.25, -0.2) is 9.97 Å². The van der Waals surface area contributed by atoms with E-state index in [9.17, 15) is 0 Å². The zero-order valence-electron chi connectivity index (χ0n) is 10.6. The van der Waals surface area contributed by atoms with Gasteiger partial charge in [0.1, 0.15) is 11.6 Å². The number of hydrogen-bond acceptors (Lipinski definition) is 4. The van der Waals surface area contributed by atoms with Gasteiger partial charge >= 0.3 is 0 Å². The van der Waals surface area contributed by atoms with Gasteiger partial charge in [0, 0.05) is 12.7 Å². The van der Waals surface area contributed by atoms with Gasteiger partial charge in [0.2, 0.25) is 0 Å². The van der Waals surface area contributed by atoms with Crippen molar-refractivity contribution in [3.63, 3.8) is 0 Å². The Balaban J connectivity index is 1.83. The highest BCUT2D eigenvalue weighted by Gasteiger charge is 2.13. The molecule has 1 aliphatic carbocycles. The molecule has 2 N–H and O–H groups in total. The zero-order valence-corrected chi connectivity index (χ0v) is 10.6. The summed E-state index contributed by atoms with van der Waals surface area (Å²) >= 11 is 0. The van der Waals surface area contributed by atoms with Gasteiger partial charge < -0.3 is 10.6 Å². The van der Waals surface area contributed by atoms with E-state index in [4.69, 9.17) is 0 Å². The van der Waals surface area contributed by atoms with Gasteiger partial charge in [0.15, 0.2) is 0 Å². The summed E-state index contributed by atoms with van der Waals surface area (Å²) in [5, 5.41) is 6.50. The van der Waals surface area contributed by atoms with Crippen molar-refractivity contribution in [1.82, 2.24) is 15.3 Å². The molecule has 0 unspecified atom stereocenters. The molecule has 0 spiro atoms. The molecule has 1 aromatic heterocycles. The van der Waals surface area contributed by atoms with Crippen LogP contribution in [-0.4, -0.2) is 23.6 Å². The Bertz CT molecular complexity index is 334. The molecule has 4 heteroatoms. The lowest BCUT2D eigenvalue weighted by Gasteiger charge is -2.21. The molecular weight excluding hydrogens is 212 g/mol. The molecule has 4 nitrogen and oxygen atoms in total. The van der Waals surface area contributed by atoms with Gasteiger partial charge in [-0.15, -0.1) is 0 Å². The minimum atomic E-state index is 0.721. The van der Waals surface area contributed by atoms with Gasteiger partial charge in [-0.1, -0.05) is 19.3 Å². The third-order valence-electron chi connectivity index (χ3n) is 3.34. The summed E-state index contributed by atoms with van der Waals surface area (Å²) in [5.41, 5.74) is 0. The summed E-state index contributed by atoms with van der Waals surface area (Å²) in [6.07, 6.45) is 8.74. The lowest BCUT2D eigenvalue weighted by atomic mass is 9.89. The molecule has 1 fully saturated rings. The van der Waals surface area contributed by atoms with Crippen LogP contribution >= 0.6 is 0 Å². The standard InChI is InChI=1S/C13H22N4/c1-14-10-13-15-8-7-12(17-13)16-9-11-5-3-2-4-6-11/h7-8,11,14H,2-6,9-10H2,1H3,(H,15,16,17). The Hall–Kier alpha value is -1.16. The Morgan fingerprint density at radius 1 is 1.29 bits per heavy atom. The van der Waals surface area contributed by atoms with Gasteiger partial charge in [0.05, 0.1) is 6.54 Å². The molecule has 0 bridgehead atoms. The summed E-state index contributed by atoms with van der Waals surface area (Å²) in [7, 11) is 1.91. The highest BCUT2D eigenvalue weighted by molar-refractivity contribution is 5.32. The minimum absolute atomic E-state index is 0.721. The molecule has 0 radical (unpaired) electrons. The zero-order chi connectivity index (χ0) is 11.9. The van der Waals surface area contributed by atoms with Crippen molar-refractivity contribution >= 4 is 5.82 Å². The summed E-state index contributed by atoms with van der Waals surface area (Å²) in [6.45, 7) is 1.77. The molecule has 0 saturated heterocycles. The molecule has 17 heavy (non-hydrogen) atoms. The third kappa shape index (κ3) is 3.97. The maximum Gasteiger partial charge on any atom is 0.144 e. The number of nitrogens with one attached hydrogen (secondary N) is 2. The molecule has 0 aromatic carbocycles. The predicted molar refractivity (Wildman–Crippen MR) is 69.9 cm³/mol. The topological polar surface area (TPSA) is 49.8 Å². The fraction of sp³-hybridized carbons (Fsp3) is 0.692. The van der Waals surface area contributed by atoms with Crippen molar-refractivity contribution in [3.05, 3.63) is 18.1 Å². The lowest BCUT2D eigenvalue weighted by molar-refractivity contribution is 0.373. The van der Waals surface area contributed by atoms with Crippen molar-refractivity contribution in [2.45, 2.75) is 38.6 Å². The van der Waals surface area contributed by atoms with Crippen LogP contribution in [0, 0.1) is 5.92 Å². The maximum atomic E-state index is 4.46. The van der Waals surface area contributed by atoms with Crippen molar-refractivity contribution in [2.24, 2.45) is 5.92 Å². The van der Waals surface area contributed by atoms with E-state index in [1.165, 1.54) is 32.1 Å². The number of hydrogen-bond donors (Lipinski definition) is 2. The molecule has 0 atom stereocenters. The maximum absolute atomic E-state index is 4.46. The van der Waals surface area contributed by atoms with E-state index in [1.54, 1.807) is 0 Å². The van der Waals surface area contributed by atoms with Crippen LogP contribution in [0.1, 0.15) is 37.9 Å². The first kappa shape index (κ1) is 12.3. The normalized spacial score (nSPS) is 17.0. The van der Waals surface area contributed by atoms with Crippen LogP contribution in [0.3, 0.4) is 0 Å². The van der Waals surface area contributed by atoms with Crippen LogP contribution in [0.2, 0.25) is 0 Å².